The van der Waals surface area contributed by atoms with E-state index in [0.29, 0.717) is 5.56 Å². The minimum atomic E-state index is -0.835. The van der Waals surface area contributed by atoms with Crippen LogP contribution in [0.25, 0.3) is 0 Å². The van der Waals surface area contributed by atoms with Crippen LogP contribution in [0.3, 0.4) is 0 Å². The molecule has 90 valence electrons. The largest absolute Gasteiger partial charge is 0.417 e. The molecule has 2 N–H and O–H groups in total. The Hall–Kier alpha value is -2.02. The van der Waals surface area contributed by atoms with Crippen molar-refractivity contribution in [3.8, 4) is 11.8 Å². The van der Waals surface area contributed by atoms with Gasteiger partial charge in [0.05, 0.1) is 0 Å². The van der Waals surface area contributed by atoms with Crippen molar-refractivity contribution in [1.82, 2.24) is 14.8 Å². The number of nitrogens with two attached hydrogens (primary N) is 1. The van der Waals surface area contributed by atoms with Gasteiger partial charge in [0, 0.05) is 13.6 Å². The number of aryl methyl sites for hydroxylation is 1. The predicted molar refractivity (Wildman–Crippen MR) is 55.3 cm³/mol. The van der Waals surface area contributed by atoms with E-state index in [1.54, 1.807) is 7.05 Å². The first-order valence-corrected chi connectivity index (χ1v) is 4.81. The van der Waals surface area contributed by atoms with Crippen molar-refractivity contribution in [2.24, 2.45) is 12.8 Å². The molecule has 0 fully saturated rings. The van der Waals surface area contributed by atoms with Gasteiger partial charge in [0.2, 0.25) is 5.75 Å². The van der Waals surface area contributed by atoms with E-state index in [1.807, 2.05) is 0 Å². The zero-order valence-electron chi connectivity index (χ0n) is 9.02. The topological polar surface area (TPSA) is 66.0 Å². The van der Waals surface area contributed by atoms with Crippen molar-refractivity contribution < 1.29 is 13.5 Å². The van der Waals surface area contributed by atoms with E-state index in [9.17, 15) is 8.78 Å². The second kappa shape index (κ2) is 4.46. The number of hydrogen-bond donors (Lipinski definition) is 1. The normalized spacial score (nSPS) is 10.6. The van der Waals surface area contributed by atoms with Crippen molar-refractivity contribution in [2.75, 3.05) is 0 Å². The van der Waals surface area contributed by atoms with E-state index >= 15 is 0 Å². The summed E-state index contributed by atoms with van der Waals surface area (Å²) in [6.45, 7) is 0.0515. The Morgan fingerprint density at radius 2 is 2.00 bits per heavy atom. The number of halogens is 2. The van der Waals surface area contributed by atoms with Crippen molar-refractivity contribution >= 4 is 0 Å². The molecule has 0 atom stereocenters. The maximum atomic E-state index is 13.5. The summed E-state index contributed by atoms with van der Waals surface area (Å²) in [6, 6.07) is 2.11. The van der Waals surface area contributed by atoms with Gasteiger partial charge in [0.15, 0.2) is 11.6 Å². The molecule has 0 radical (unpaired) electrons. The smallest absolute Gasteiger partial charge is 0.341 e. The lowest BCUT2D eigenvalue weighted by atomic mass is 10.2. The van der Waals surface area contributed by atoms with Crippen LogP contribution in [-0.4, -0.2) is 14.8 Å². The van der Waals surface area contributed by atoms with Crippen LogP contribution in [0.15, 0.2) is 18.5 Å². The maximum Gasteiger partial charge on any atom is 0.341 e. The van der Waals surface area contributed by atoms with Crippen LogP contribution >= 0.6 is 0 Å². The molecule has 0 saturated carbocycles. The van der Waals surface area contributed by atoms with Gasteiger partial charge in [-0.05, 0) is 17.7 Å². The number of benzene rings is 1. The maximum absolute atomic E-state index is 13.5. The third-order valence-electron chi connectivity index (χ3n) is 2.07. The van der Waals surface area contributed by atoms with E-state index in [4.69, 9.17) is 10.5 Å². The van der Waals surface area contributed by atoms with Gasteiger partial charge in [-0.1, -0.05) is 0 Å². The Balaban J connectivity index is 2.33. The van der Waals surface area contributed by atoms with Gasteiger partial charge in [-0.25, -0.2) is 8.78 Å². The Morgan fingerprint density at radius 1 is 1.35 bits per heavy atom. The molecule has 5 nitrogen and oxygen atoms in total. The molecular weight excluding hydrogens is 230 g/mol. The average Bonchev–Trinajstić information content (AvgIpc) is 2.69. The molecule has 1 heterocycles. The second-order valence-corrected chi connectivity index (χ2v) is 3.40. The first-order chi connectivity index (χ1) is 8.10. The fourth-order valence-corrected chi connectivity index (χ4v) is 1.29. The monoisotopic (exact) mass is 240 g/mol. The van der Waals surface area contributed by atoms with Gasteiger partial charge in [-0.2, -0.15) is 4.98 Å². The molecule has 1 aromatic carbocycles. The van der Waals surface area contributed by atoms with E-state index in [1.165, 1.54) is 11.0 Å². The van der Waals surface area contributed by atoms with Crippen molar-refractivity contribution in [1.29, 1.82) is 0 Å². The highest BCUT2D eigenvalue weighted by Gasteiger charge is 2.15. The molecule has 0 bridgehead atoms. The molecule has 0 aliphatic rings. The Bertz CT molecular complexity index is 518. The molecule has 2 aromatic rings. The predicted octanol–water partition coefficient (Wildman–Crippen LogP) is 1.34. The van der Waals surface area contributed by atoms with Gasteiger partial charge in [-0.3, -0.25) is 4.68 Å². The Morgan fingerprint density at radius 3 is 2.47 bits per heavy atom. The lowest BCUT2D eigenvalue weighted by Crippen LogP contribution is -2.01. The van der Waals surface area contributed by atoms with Crippen LogP contribution in [0.4, 0.5) is 8.78 Å². The van der Waals surface area contributed by atoms with E-state index in [0.717, 1.165) is 12.1 Å². The van der Waals surface area contributed by atoms with E-state index in [-0.39, 0.29) is 12.6 Å². The summed E-state index contributed by atoms with van der Waals surface area (Å²) in [5.41, 5.74) is 5.64. The van der Waals surface area contributed by atoms with Crippen LogP contribution in [0.2, 0.25) is 0 Å². The summed E-state index contributed by atoms with van der Waals surface area (Å²) in [7, 11) is 1.62. The van der Waals surface area contributed by atoms with Gasteiger partial charge < -0.3 is 10.5 Å². The molecule has 2 rings (SSSR count). The first-order valence-electron chi connectivity index (χ1n) is 4.81. The van der Waals surface area contributed by atoms with E-state index in [2.05, 4.69) is 10.1 Å². The highest BCUT2D eigenvalue weighted by molar-refractivity contribution is 5.32. The quantitative estimate of drug-likeness (QED) is 0.879. The lowest BCUT2D eigenvalue weighted by Gasteiger charge is -2.06. The minimum absolute atomic E-state index is 0.0515. The van der Waals surface area contributed by atoms with Gasteiger partial charge >= 0.3 is 6.01 Å². The summed E-state index contributed by atoms with van der Waals surface area (Å²) in [6.07, 6.45) is 1.36. The summed E-state index contributed by atoms with van der Waals surface area (Å²) in [5, 5.41) is 3.76. The fourth-order valence-electron chi connectivity index (χ4n) is 1.29. The Labute approximate surface area is 95.8 Å². The van der Waals surface area contributed by atoms with Crippen molar-refractivity contribution in [3.63, 3.8) is 0 Å². The summed E-state index contributed by atoms with van der Waals surface area (Å²) in [4.78, 5) is 3.71. The third kappa shape index (κ3) is 2.39. The molecule has 0 aliphatic heterocycles. The molecular formula is C10H10F2N4O. The van der Waals surface area contributed by atoms with Gasteiger partial charge in [0.1, 0.15) is 6.33 Å². The summed E-state index contributed by atoms with van der Waals surface area (Å²) in [5.74, 6) is -2.20. The molecule has 1 aromatic heterocycles. The molecule has 0 amide bonds. The zero-order valence-corrected chi connectivity index (χ0v) is 9.02. The fraction of sp³-hybridized carbons (Fsp3) is 0.200. The molecule has 0 spiro atoms. The zero-order chi connectivity index (χ0) is 12.4. The van der Waals surface area contributed by atoms with Crippen LogP contribution in [0.1, 0.15) is 5.56 Å². The summed E-state index contributed by atoms with van der Waals surface area (Å²) < 4.78 is 33.3. The van der Waals surface area contributed by atoms with Gasteiger partial charge in [-0.15, -0.1) is 5.10 Å². The SMILES string of the molecule is Cn1cnc(Oc2c(F)cc(CN)cc2F)n1. The van der Waals surface area contributed by atoms with Gasteiger partial charge in [0.25, 0.3) is 0 Å². The van der Waals surface area contributed by atoms with E-state index < -0.39 is 17.4 Å². The first kappa shape index (κ1) is 11.5. The molecule has 0 unspecified atom stereocenters. The van der Waals surface area contributed by atoms with Crippen LogP contribution in [-0.2, 0) is 13.6 Å². The van der Waals surface area contributed by atoms with Crippen LogP contribution in [0.5, 0.6) is 11.8 Å². The standard InChI is InChI=1S/C10H10F2N4O/c1-16-5-14-10(15-16)17-9-7(11)2-6(4-13)3-8(9)12/h2-3,5H,4,13H2,1H3. The molecule has 0 saturated heterocycles. The number of aromatic nitrogens is 3. The molecule has 7 heteroatoms. The Kier molecular flexibility index (Phi) is 3.01. The molecule has 0 aliphatic carbocycles. The number of nitrogens with zero attached hydrogens (tertiary/aromatic N) is 3. The van der Waals surface area contributed by atoms with Crippen molar-refractivity contribution in [3.05, 3.63) is 35.7 Å². The van der Waals surface area contributed by atoms with Crippen LogP contribution < -0.4 is 10.5 Å². The minimum Gasteiger partial charge on any atom is -0.417 e. The third-order valence-corrected chi connectivity index (χ3v) is 2.07. The highest BCUT2D eigenvalue weighted by atomic mass is 19.1. The van der Waals surface area contributed by atoms with Crippen LogP contribution in [0, 0.1) is 11.6 Å². The number of hydrogen-bond acceptors (Lipinski definition) is 4. The highest BCUT2D eigenvalue weighted by Crippen LogP contribution is 2.26. The average molecular weight is 240 g/mol. The summed E-state index contributed by atoms with van der Waals surface area (Å²) >= 11 is 0. The lowest BCUT2D eigenvalue weighted by molar-refractivity contribution is 0.380. The van der Waals surface area contributed by atoms with Crippen molar-refractivity contribution in [2.45, 2.75) is 6.54 Å². The molecule has 17 heavy (non-hydrogen) atoms. The second-order valence-electron chi connectivity index (χ2n) is 3.40. The number of rotatable bonds is 3. The number of ether oxygens (including phenoxy) is 1.